The molecule has 0 spiro atoms. The van der Waals surface area contributed by atoms with Crippen LogP contribution in [0.2, 0.25) is 0 Å². The fourth-order valence-electron chi connectivity index (χ4n) is 2.46. The Kier molecular flexibility index (Phi) is 3.61. The highest BCUT2D eigenvalue weighted by Gasteiger charge is 2.27. The zero-order chi connectivity index (χ0) is 13.2. The van der Waals surface area contributed by atoms with Gasteiger partial charge in [-0.2, -0.15) is 4.39 Å². The molecule has 2 rings (SSSR count). The van der Waals surface area contributed by atoms with E-state index in [2.05, 4.69) is 12.2 Å². The molecule has 0 atom stereocenters. The zero-order valence-electron chi connectivity index (χ0n) is 10.4. The molecule has 0 radical (unpaired) electrons. The average Bonchev–Trinajstić information content (AvgIpc) is 2.74. The van der Waals surface area contributed by atoms with Crippen LogP contribution >= 0.6 is 0 Å². The van der Waals surface area contributed by atoms with Crippen LogP contribution in [0.25, 0.3) is 0 Å². The SMILES string of the molecule is CC1(NCc2ccc([N+](=O)[O-])c(F)c2)CCCC1. The molecule has 1 aromatic rings. The maximum absolute atomic E-state index is 13.4. The molecule has 4 nitrogen and oxygen atoms in total. The largest absolute Gasteiger partial charge is 0.307 e. The lowest BCUT2D eigenvalue weighted by molar-refractivity contribution is -0.387. The Morgan fingerprint density at radius 1 is 1.44 bits per heavy atom. The van der Waals surface area contributed by atoms with Gasteiger partial charge in [0.25, 0.3) is 0 Å². The molecule has 1 aliphatic rings. The number of nitrogens with one attached hydrogen (secondary N) is 1. The standard InChI is InChI=1S/C13H17FN2O2/c1-13(6-2-3-7-13)15-9-10-4-5-12(16(17)18)11(14)8-10/h4-5,8,15H,2-3,6-7,9H2,1H3. The molecule has 0 bridgehead atoms. The third-order valence-electron chi connectivity index (χ3n) is 3.64. The van der Waals surface area contributed by atoms with Crippen LogP contribution in [0, 0.1) is 15.9 Å². The first-order valence-electron chi connectivity index (χ1n) is 6.18. The van der Waals surface area contributed by atoms with E-state index in [0.29, 0.717) is 6.54 Å². The Balaban J connectivity index is 2.02. The summed E-state index contributed by atoms with van der Waals surface area (Å²) < 4.78 is 13.4. The monoisotopic (exact) mass is 252 g/mol. The van der Waals surface area contributed by atoms with Gasteiger partial charge in [-0.1, -0.05) is 18.9 Å². The van der Waals surface area contributed by atoms with Crippen molar-refractivity contribution in [3.05, 3.63) is 39.7 Å². The van der Waals surface area contributed by atoms with Crippen LogP contribution in [0.4, 0.5) is 10.1 Å². The minimum atomic E-state index is -0.768. The van der Waals surface area contributed by atoms with Crippen LogP contribution in [0.1, 0.15) is 38.2 Å². The molecule has 5 heteroatoms. The van der Waals surface area contributed by atoms with Crippen molar-refractivity contribution in [3.63, 3.8) is 0 Å². The number of halogens is 1. The van der Waals surface area contributed by atoms with Crippen molar-refractivity contribution in [1.29, 1.82) is 0 Å². The van der Waals surface area contributed by atoms with Crippen LogP contribution in [0.3, 0.4) is 0 Å². The first-order valence-corrected chi connectivity index (χ1v) is 6.18. The number of nitro groups is 1. The number of hydrogen-bond donors (Lipinski definition) is 1. The molecule has 1 aliphatic carbocycles. The van der Waals surface area contributed by atoms with Crippen LogP contribution in [0.5, 0.6) is 0 Å². The Bertz CT molecular complexity index is 456. The summed E-state index contributed by atoms with van der Waals surface area (Å²) in [4.78, 5) is 9.80. The van der Waals surface area contributed by atoms with Crippen LogP contribution < -0.4 is 5.32 Å². The minimum absolute atomic E-state index is 0.123. The van der Waals surface area contributed by atoms with E-state index in [0.717, 1.165) is 18.4 Å². The van der Waals surface area contributed by atoms with E-state index in [1.54, 1.807) is 6.07 Å². The molecule has 18 heavy (non-hydrogen) atoms. The summed E-state index contributed by atoms with van der Waals surface area (Å²) in [7, 11) is 0. The van der Waals surface area contributed by atoms with E-state index >= 15 is 0 Å². The van der Waals surface area contributed by atoms with Crippen LogP contribution in [0.15, 0.2) is 18.2 Å². The van der Waals surface area contributed by atoms with E-state index in [9.17, 15) is 14.5 Å². The van der Waals surface area contributed by atoms with Gasteiger partial charge in [0.2, 0.25) is 5.82 Å². The summed E-state index contributed by atoms with van der Waals surface area (Å²) in [5, 5.41) is 13.9. The number of hydrogen-bond acceptors (Lipinski definition) is 3. The predicted octanol–water partition coefficient (Wildman–Crippen LogP) is 3.16. The lowest BCUT2D eigenvalue weighted by Crippen LogP contribution is -2.38. The highest BCUT2D eigenvalue weighted by atomic mass is 19.1. The van der Waals surface area contributed by atoms with Gasteiger partial charge in [-0.05, 0) is 31.4 Å². The summed E-state index contributed by atoms with van der Waals surface area (Å²) >= 11 is 0. The number of rotatable bonds is 4. The minimum Gasteiger partial charge on any atom is -0.307 e. The molecule has 1 N–H and O–H groups in total. The van der Waals surface area contributed by atoms with Crippen molar-refractivity contribution in [1.82, 2.24) is 5.32 Å². The molecule has 0 heterocycles. The van der Waals surface area contributed by atoms with Crippen molar-refractivity contribution in [3.8, 4) is 0 Å². The molecular weight excluding hydrogens is 235 g/mol. The Hall–Kier alpha value is -1.49. The third kappa shape index (κ3) is 2.85. The Labute approximate surface area is 105 Å². The second-order valence-corrected chi connectivity index (χ2v) is 5.16. The van der Waals surface area contributed by atoms with Crippen molar-refractivity contribution in [2.45, 2.75) is 44.7 Å². The Morgan fingerprint density at radius 3 is 2.67 bits per heavy atom. The van der Waals surface area contributed by atoms with Gasteiger partial charge in [0.15, 0.2) is 0 Å². The van der Waals surface area contributed by atoms with Crippen LogP contribution in [-0.4, -0.2) is 10.5 Å². The number of benzene rings is 1. The maximum Gasteiger partial charge on any atom is 0.304 e. The van der Waals surface area contributed by atoms with Gasteiger partial charge in [0.05, 0.1) is 4.92 Å². The van der Waals surface area contributed by atoms with Gasteiger partial charge in [-0.3, -0.25) is 10.1 Å². The Morgan fingerprint density at radius 2 is 2.11 bits per heavy atom. The summed E-state index contributed by atoms with van der Waals surface area (Å²) in [5.41, 5.74) is 0.398. The van der Waals surface area contributed by atoms with Gasteiger partial charge < -0.3 is 5.32 Å². The maximum atomic E-state index is 13.4. The lowest BCUT2D eigenvalue weighted by Gasteiger charge is -2.25. The van der Waals surface area contributed by atoms with E-state index in [4.69, 9.17) is 0 Å². The molecule has 1 fully saturated rings. The van der Waals surface area contributed by atoms with Gasteiger partial charge >= 0.3 is 5.69 Å². The molecule has 0 saturated heterocycles. The molecule has 98 valence electrons. The highest BCUT2D eigenvalue weighted by Crippen LogP contribution is 2.29. The van der Waals surface area contributed by atoms with Gasteiger partial charge in [-0.15, -0.1) is 0 Å². The van der Waals surface area contributed by atoms with E-state index in [1.807, 2.05) is 0 Å². The molecule has 1 aromatic carbocycles. The first-order chi connectivity index (χ1) is 8.50. The number of nitro benzene ring substituents is 1. The molecular formula is C13H17FN2O2. The third-order valence-corrected chi connectivity index (χ3v) is 3.64. The summed E-state index contributed by atoms with van der Waals surface area (Å²) in [6.45, 7) is 2.72. The van der Waals surface area contributed by atoms with Crippen molar-refractivity contribution in [2.24, 2.45) is 0 Å². The van der Waals surface area contributed by atoms with E-state index in [-0.39, 0.29) is 5.54 Å². The molecule has 0 aliphatic heterocycles. The topological polar surface area (TPSA) is 55.2 Å². The van der Waals surface area contributed by atoms with Gasteiger partial charge in [0, 0.05) is 18.2 Å². The van der Waals surface area contributed by atoms with Crippen molar-refractivity contribution < 1.29 is 9.31 Å². The smallest absolute Gasteiger partial charge is 0.304 e. The van der Waals surface area contributed by atoms with Crippen molar-refractivity contribution in [2.75, 3.05) is 0 Å². The molecule has 1 saturated carbocycles. The van der Waals surface area contributed by atoms with Gasteiger partial charge in [-0.25, -0.2) is 0 Å². The normalized spacial score (nSPS) is 17.9. The number of nitrogens with zero attached hydrogens (tertiary/aromatic N) is 1. The van der Waals surface area contributed by atoms with Crippen molar-refractivity contribution >= 4 is 5.69 Å². The summed E-state index contributed by atoms with van der Waals surface area (Å²) in [5.74, 6) is -0.768. The second-order valence-electron chi connectivity index (χ2n) is 5.16. The molecule has 0 aromatic heterocycles. The highest BCUT2D eigenvalue weighted by molar-refractivity contribution is 5.35. The average molecular weight is 252 g/mol. The summed E-state index contributed by atoms with van der Waals surface area (Å²) in [6, 6.07) is 4.07. The quantitative estimate of drug-likeness (QED) is 0.661. The molecule has 0 unspecified atom stereocenters. The fourth-order valence-corrected chi connectivity index (χ4v) is 2.46. The first kappa shape index (κ1) is 13.0. The van der Waals surface area contributed by atoms with E-state index in [1.165, 1.54) is 25.0 Å². The van der Waals surface area contributed by atoms with Crippen LogP contribution in [-0.2, 0) is 6.54 Å². The predicted molar refractivity (Wildman–Crippen MR) is 66.8 cm³/mol. The second kappa shape index (κ2) is 5.02. The fraction of sp³-hybridized carbons (Fsp3) is 0.538. The lowest BCUT2D eigenvalue weighted by atomic mass is 10.0. The zero-order valence-corrected chi connectivity index (χ0v) is 10.4. The summed E-state index contributed by atoms with van der Waals surface area (Å²) in [6.07, 6.45) is 4.70. The van der Waals surface area contributed by atoms with E-state index < -0.39 is 16.4 Å². The van der Waals surface area contributed by atoms with Gasteiger partial charge in [0.1, 0.15) is 0 Å². The molecule has 0 amide bonds.